The average molecular weight is 261 g/mol. The van der Waals surface area contributed by atoms with Crippen LogP contribution in [0.15, 0.2) is 30.6 Å². The van der Waals surface area contributed by atoms with Crippen LogP contribution in [0.4, 0.5) is 10.2 Å². The first-order valence-corrected chi connectivity index (χ1v) is 6.15. The predicted octanol–water partition coefficient (Wildman–Crippen LogP) is 3.11. The number of nitrogens with one attached hydrogen (secondary N) is 1. The summed E-state index contributed by atoms with van der Waals surface area (Å²) in [5.74, 6) is 0.947. The van der Waals surface area contributed by atoms with Crippen molar-refractivity contribution in [3.8, 4) is 17.0 Å². The first kappa shape index (κ1) is 13.3. The Hall–Kier alpha value is -2.17. The number of anilines is 1. The van der Waals surface area contributed by atoms with Crippen molar-refractivity contribution in [2.45, 2.75) is 13.3 Å². The minimum Gasteiger partial charge on any atom is -0.491 e. The van der Waals surface area contributed by atoms with Crippen LogP contribution in [0, 0.1) is 5.82 Å². The van der Waals surface area contributed by atoms with Crippen LogP contribution in [0.25, 0.3) is 11.3 Å². The van der Waals surface area contributed by atoms with Crippen molar-refractivity contribution in [1.29, 1.82) is 0 Å². The molecule has 1 aromatic heterocycles. The van der Waals surface area contributed by atoms with Crippen LogP contribution in [0.2, 0.25) is 0 Å². The molecule has 0 unspecified atom stereocenters. The largest absolute Gasteiger partial charge is 0.491 e. The summed E-state index contributed by atoms with van der Waals surface area (Å²) < 4.78 is 18.3. The first-order chi connectivity index (χ1) is 9.26. The molecule has 0 fully saturated rings. The van der Waals surface area contributed by atoms with Crippen LogP contribution in [0.1, 0.15) is 13.3 Å². The Morgan fingerprint density at radius 2 is 1.95 bits per heavy atom. The van der Waals surface area contributed by atoms with E-state index in [1.54, 1.807) is 19.2 Å². The summed E-state index contributed by atoms with van der Waals surface area (Å²) >= 11 is 0. The highest BCUT2D eigenvalue weighted by Gasteiger charge is 2.13. The highest BCUT2D eigenvalue weighted by Crippen LogP contribution is 2.32. The van der Waals surface area contributed by atoms with Gasteiger partial charge >= 0.3 is 0 Å². The molecule has 4 nitrogen and oxygen atoms in total. The Balaban J connectivity index is 2.42. The standard InChI is InChI=1S/C14H16FN3O/c1-3-8-16-14-13(19-2)12(17-9-18-14)10-4-6-11(15)7-5-10/h4-7,9H,3,8H2,1-2H3,(H,16,17,18). The third kappa shape index (κ3) is 2.99. The molecule has 0 aliphatic rings. The maximum Gasteiger partial charge on any atom is 0.187 e. The fraction of sp³-hybridized carbons (Fsp3) is 0.286. The van der Waals surface area contributed by atoms with Gasteiger partial charge in [0.15, 0.2) is 11.6 Å². The van der Waals surface area contributed by atoms with Gasteiger partial charge in [-0.1, -0.05) is 6.92 Å². The zero-order valence-electron chi connectivity index (χ0n) is 11.0. The monoisotopic (exact) mass is 261 g/mol. The number of aromatic nitrogens is 2. The summed E-state index contributed by atoms with van der Waals surface area (Å²) in [4.78, 5) is 8.39. The minimum atomic E-state index is -0.277. The summed E-state index contributed by atoms with van der Waals surface area (Å²) in [5, 5.41) is 3.19. The van der Waals surface area contributed by atoms with Crippen molar-refractivity contribution in [2.24, 2.45) is 0 Å². The molecule has 2 rings (SSSR count). The molecule has 0 aliphatic carbocycles. The fourth-order valence-corrected chi connectivity index (χ4v) is 1.75. The Labute approximate surface area is 111 Å². The topological polar surface area (TPSA) is 47.0 Å². The number of ether oxygens (including phenoxy) is 1. The second-order valence-electron chi connectivity index (χ2n) is 4.04. The summed E-state index contributed by atoms with van der Waals surface area (Å²) in [7, 11) is 1.57. The third-order valence-electron chi connectivity index (χ3n) is 2.67. The molecule has 100 valence electrons. The molecule has 1 aromatic carbocycles. The van der Waals surface area contributed by atoms with E-state index >= 15 is 0 Å². The fourth-order valence-electron chi connectivity index (χ4n) is 1.75. The van der Waals surface area contributed by atoms with Gasteiger partial charge in [0.25, 0.3) is 0 Å². The number of hydrogen-bond acceptors (Lipinski definition) is 4. The van der Waals surface area contributed by atoms with E-state index in [1.807, 2.05) is 0 Å². The predicted molar refractivity (Wildman–Crippen MR) is 72.8 cm³/mol. The van der Waals surface area contributed by atoms with Crippen molar-refractivity contribution in [3.63, 3.8) is 0 Å². The van der Waals surface area contributed by atoms with Gasteiger partial charge < -0.3 is 10.1 Å². The lowest BCUT2D eigenvalue weighted by Gasteiger charge is -2.12. The molecule has 1 heterocycles. The maximum absolute atomic E-state index is 13.0. The van der Waals surface area contributed by atoms with E-state index in [9.17, 15) is 4.39 Å². The number of rotatable bonds is 5. The van der Waals surface area contributed by atoms with Gasteiger partial charge in [0, 0.05) is 12.1 Å². The maximum atomic E-state index is 13.0. The van der Waals surface area contributed by atoms with Gasteiger partial charge in [-0.3, -0.25) is 0 Å². The molecule has 0 saturated heterocycles. The van der Waals surface area contributed by atoms with Gasteiger partial charge in [0.05, 0.1) is 7.11 Å². The SMILES string of the molecule is CCCNc1ncnc(-c2ccc(F)cc2)c1OC. The van der Waals surface area contributed by atoms with Crippen LogP contribution in [-0.4, -0.2) is 23.6 Å². The van der Waals surface area contributed by atoms with E-state index in [-0.39, 0.29) is 5.82 Å². The lowest BCUT2D eigenvalue weighted by molar-refractivity contribution is 0.414. The molecule has 19 heavy (non-hydrogen) atoms. The summed E-state index contributed by atoms with van der Waals surface area (Å²) in [5.41, 5.74) is 1.44. The number of halogens is 1. The molecule has 0 radical (unpaired) electrons. The van der Waals surface area contributed by atoms with Crippen molar-refractivity contribution >= 4 is 5.82 Å². The molecule has 5 heteroatoms. The van der Waals surface area contributed by atoms with E-state index < -0.39 is 0 Å². The van der Waals surface area contributed by atoms with E-state index in [0.29, 0.717) is 17.3 Å². The van der Waals surface area contributed by atoms with Crippen molar-refractivity contribution in [1.82, 2.24) is 9.97 Å². The lowest BCUT2D eigenvalue weighted by atomic mass is 10.1. The van der Waals surface area contributed by atoms with Crippen LogP contribution in [0.3, 0.4) is 0 Å². The van der Waals surface area contributed by atoms with Crippen molar-refractivity contribution in [2.75, 3.05) is 19.0 Å². The molecular weight excluding hydrogens is 245 g/mol. The smallest absolute Gasteiger partial charge is 0.187 e. The first-order valence-electron chi connectivity index (χ1n) is 6.15. The number of methoxy groups -OCH3 is 1. The van der Waals surface area contributed by atoms with E-state index in [4.69, 9.17) is 4.74 Å². The van der Waals surface area contributed by atoms with Crippen LogP contribution in [-0.2, 0) is 0 Å². The average Bonchev–Trinajstić information content (AvgIpc) is 2.45. The summed E-state index contributed by atoms with van der Waals surface area (Å²) in [6.07, 6.45) is 2.46. The van der Waals surface area contributed by atoms with E-state index in [1.165, 1.54) is 18.5 Å². The van der Waals surface area contributed by atoms with E-state index in [0.717, 1.165) is 18.5 Å². The zero-order valence-corrected chi connectivity index (χ0v) is 11.0. The van der Waals surface area contributed by atoms with Crippen molar-refractivity contribution in [3.05, 3.63) is 36.4 Å². The Morgan fingerprint density at radius 3 is 2.58 bits per heavy atom. The lowest BCUT2D eigenvalue weighted by Crippen LogP contribution is -2.05. The van der Waals surface area contributed by atoms with Gasteiger partial charge in [-0.05, 0) is 30.7 Å². The second-order valence-corrected chi connectivity index (χ2v) is 4.04. The van der Waals surface area contributed by atoms with Gasteiger partial charge in [0.2, 0.25) is 0 Å². The highest BCUT2D eigenvalue weighted by atomic mass is 19.1. The molecule has 0 spiro atoms. The van der Waals surface area contributed by atoms with E-state index in [2.05, 4.69) is 22.2 Å². The molecular formula is C14H16FN3O. The van der Waals surface area contributed by atoms with Crippen molar-refractivity contribution < 1.29 is 9.13 Å². The van der Waals surface area contributed by atoms with Gasteiger partial charge in [0.1, 0.15) is 17.8 Å². The normalized spacial score (nSPS) is 10.3. The number of benzene rings is 1. The quantitative estimate of drug-likeness (QED) is 0.898. The minimum absolute atomic E-state index is 0.277. The Bertz CT molecular complexity index is 543. The summed E-state index contributed by atoms with van der Waals surface area (Å²) in [6, 6.07) is 6.14. The molecule has 0 atom stereocenters. The van der Waals surface area contributed by atoms with Crippen LogP contribution < -0.4 is 10.1 Å². The van der Waals surface area contributed by atoms with Crippen LogP contribution >= 0.6 is 0 Å². The zero-order chi connectivity index (χ0) is 13.7. The highest BCUT2D eigenvalue weighted by molar-refractivity contribution is 5.72. The third-order valence-corrected chi connectivity index (χ3v) is 2.67. The van der Waals surface area contributed by atoms with Gasteiger partial charge in [-0.25, -0.2) is 14.4 Å². The Morgan fingerprint density at radius 1 is 1.21 bits per heavy atom. The number of nitrogens with zero attached hydrogens (tertiary/aromatic N) is 2. The molecule has 0 aliphatic heterocycles. The molecule has 0 saturated carbocycles. The molecule has 0 amide bonds. The molecule has 0 bridgehead atoms. The molecule has 2 aromatic rings. The van der Waals surface area contributed by atoms with Gasteiger partial charge in [-0.15, -0.1) is 0 Å². The Kier molecular flexibility index (Phi) is 4.28. The van der Waals surface area contributed by atoms with Crippen LogP contribution in [0.5, 0.6) is 5.75 Å². The molecule has 1 N–H and O–H groups in total. The second kappa shape index (κ2) is 6.13. The van der Waals surface area contributed by atoms with Gasteiger partial charge in [-0.2, -0.15) is 0 Å². The number of hydrogen-bond donors (Lipinski definition) is 1. The summed E-state index contributed by atoms with van der Waals surface area (Å²) in [6.45, 7) is 2.87.